The monoisotopic (exact) mass is 297 g/mol. The number of piperidine rings is 1. The number of hydrogen-bond acceptors (Lipinski definition) is 4. The fourth-order valence-electron chi connectivity index (χ4n) is 2.56. The van der Waals surface area contributed by atoms with Gasteiger partial charge in [0, 0.05) is 19.5 Å². The first-order valence-electron chi connectivity index (χ1n) is 7.17. The molecule has 1 aliphatic heterocycles. The zero-order chi connectivity index (χ0) is 13.7. The number of ketones is 1. The second-order valence-electron chi connectivity index (χ2n) is 5.27. The molecule has 2 heterocycles. The highest BCUT2D eigenvalue weighted by Crippen LogP contribution is 2.27. The molecule has 2 nitrogen and oxygen atoms in total. The third kappa shape index (κ3) is 4.62. The summed E-state index contributed by atoms with van der Waals surface area (Å²) in [5.41, 5.74) is 0. The summed E-state index contributed by atoms with van der Waals surface area (Å²) in [5, 5.41) is 0. The molecule has 1 aromatic rings. The lowest BCUT2D eigenvalue weighted by molar-refractivity contribution is 0.0953. The molecule has 0 aromatic carbocycles. The molecular weight excluding hydrogens is 274 g/mol. The third-order valence-corrected chi connectivity index (χ3v) is 5.77. The highest BCUT2D eigenvalue weighted by Gasteiger charge is 2.17. The van der Waals surface area contributed by atoms with Crippen LogP contribution in [0.4, 0.5) is 0 Å². The maximum atomic E-state index is 12.2. The van der Waals surface area contributed by atoms with Crippen molar-refractivity contribution in [2.75, 3.05) is 25.4 Å². The fourth-order valence-corrected chi connectivity index (χ4v) is 4.57. The number of rotatable bonds is 6. The molecule has 0 aliphatic carbocycles. The topological polar surface area (TPSA) is 20.3 Å². The summed E-state index contributed by atoms with van der Waals surface area (Å²) in [6.07, 6.45) is 3.29. The number of Topliss-reactive ketones (excluding diaryl/α,β-unsaturated/α-hetero) is 1. The summed E-state index contributed by atoms with van der Waals surface area (Å²) in [5.74, 6) is 2.17. The van der Waals surface area contributed by atoms with Crippen LogP contribution in [0, 0.1) is 5.92 Å². The Bertz CT molecular complexity index is 416. The van der Waals surface area contributed by atoms with Gasteiger partial charge in [-0.25, -0.2) is 0 Å². The molecule has 0 N–H and O–H groups in total. The summed E-state index contributed by atoms with van der Waals surface area (Å²) in [6, 6.07) is 4.07. The Labute approximate surface area is 124 Å². The Kier molecular flexibility index (Phi) is 5.92. The molecule has 1 aliphatic rings. The minimum Gasteiger partial charge on any atom is -0.303 e. The van der Waals surface area contributed by atoms with Gasteiger partial charge in [-0.1, -0.05) is 13.8 Å². The maximum Gasteiger partial charge on any atom is 0.174 e. The SMILES string of the molecule is CCSc1ccc(C(=O)CCN2CCCC(C)C2)s1. The van der Waals surface area contributed by atoms with E-state index in [4.69, 9.17) is 0 Å². The van der Waals surface area contributed by atoms with Crippen molar-refractivity contribution in [2.45, 2.75) is 37.3 Å². The van der Waals surface area contributed by atoms with E-state index in [2.05, 4.69) is 24.8 Å². The molecule has 106 valence electrons. The smallest absolute Gasteiger partial charge is 0.174 e. The summed E-state index contributed by atoms with van der Waals surface area (Å²) in [7, 11) is 0. The van der Waals surface area contributed by atoms with E-state index in [9.17, 15) is 4.79 Å². The summed E-state index contributed by atoms with van der Waals surface area (Å²) >= 11 is 3.46. The molecule has 1 aromatic heterocycles. The quantitative estimate of drug-likeness (QED) is 0.581. The first-order valence-corrected chi connectivity index (χ1v) is 8.97. The van der Waals surface area contributed by atoms with Crippen LogP contribution in [-0.4, -0.2) is 36.1 Å². The van der Waals surface area contributed by atoms with Crippen molar-refractivity contribution in [2.24, 2.45) is 5.92 Å². The minimum atomic E-state index is 0.311. The Balaban J connectivity index is 1.79. The zero-order valence-corrected chi connectivity index (χ0v) is 13.5. The van der Waals surface area contributed by atoms with Gasteiger partial charge in [0.1, 0.15) is 0 Å². The van der Waals surface area contributed by atoms with Crippen molar-refractivity contribution in [1.29, 1.82) is 0 Å². The number of nitrogens with zero attached hydrogens (tertiary/aromatic N) is 1. The van der Waals surface area contributed by atoms with Crippen molar-refractivity contribution in [1.82, 2.24) is 4.90 Å². The number of hydrogen-bond donors (Lipinski definition) is 0. The molecule has 0 radical (unpaired) electrons. The highest BCUT2D eigenvalue weighted by atomic mass is 32.2. The number of thiophene rings is 1. The average Bonchev–Trinajstić information content (AvgIpc) is 2.85. The zero-order valence-electron chi connectivity index (χ0n) is 11.9. The molecule has 2 rings (SSSR count). The normalized spacial score (nSPS) is 20.6. The van der Waals surface area contributed by atoms with Crippen LogP contribution >= 0.6 is 23.1 Å². The van der Waals surface area contributed by atoms with Crippen LogP contribution in [-0.2, 0) is 0 Å². The molecule has 4 heteroatoms. The standard InChI is InChI=1S/C15H23NOS2/c1-3-18-15-7-6-14(19-15)13(17)8-10-16-9-4-5-12(2)11-16/h6-7,12H,3-5,8-11H2,1-2H3. The molecule has 0 bridgehead atoms. The van der Waals surface area contributed by atoms with Crippen molar-refractivity contribution >= 4 is 28.9 Å². The third-order valence-electron chi connectivity index (χ3n) is 3.54. The lowest BCUT2D eigenvalue weighted by Crippen LogP contribution is -2.35. The number of carbonyl (C=O) groups is 1. The molecule has 0 amide bonds. The van der Waals surface area contributed by atoms with Gasteiger partial charge in [0.25, 0.3) is 0 Å². The van der Waals surface area contributed by atoms with Crippen LogP contribution in [0.2, 0.25) is 0 Å². The van der Waals surface area contributed by atoms with Crippen molar-refractivity contribution in [3.8, 4) is 0 Å². The van der Waals surface area contributed by atoms with Gasteiger partial charge in [-0.3, -0.25) is 4.79 Å². The molecule has 1 fully saturated rings. The lowest BCUT2D eigenvalue weighted by Gasteiger charge is -2.30. The maximum absolute atomic E-state index is 12.2. The van der Waals surface area contributed by atoms with Crippen LogP contribution in [0.5, 0.6) is 0 Å². The fraction of sp³-hybridized carbons (Fsp3) is 0.667. The van der Waals surface area contributed by atoms with Gasteiger partial charge in [0.2, 0.25) is 0 Å². The molecule has 1 unspecified atom stereocenters. The van der Waals surface area contributed by atoms with E-state index in [1.807, 2.05) is 17.8 Å². The van der Waals surface area contributed by atoms with Gasteiger partial charge in [-0.05, 0) is 43.2 Å². The minimum absolute atomic E-state index is 0.311. The van der Waals surface area contributed by atoms with Crippen LogP contribution in [0.25, 0.3) is 0 Å². The van der Waals surface area contributed by atoms with Crippen molar-refractivity contribution in [3.63, 3.8) is 0 Å². The molecule has 0 spiro atoms. The van der Waals surface area contributed by atoms with Crippen molar-refractivity contribution < 1.29 is 4.79 Å². The molecule has 19 heavy (non-hydrogen) atoms. The Morgan fingerprint density at radius 1 is 1.53 bits per heavy atom. The summed E-state index contributed by atoms with van der Waals surface area (Å²) in [4.78, 5) is 15.5. The average molecular weight is 297 g/mol. The molecule has 1 saturated heterocycles. The first kappa shape index (κ1) is 15.1. The number of thioether (sulfide) groups is 1. The van der Waals surface area contributed by atoms with Crippen LogP contribution in [0.15, 0.2) is 16.3 Å². The van der Waals surface area contributed by atoms with Crippen LogP contribution in [0.1, 0.15) is 42.8 Å². The Hall–Kier alpha value is -0.320. The van der Waals surface area contributed by atoms with Gasteiger partial charge in [-0.2, -0.15) is 0 Å². The van der Waals surface area contributed by atoms with E-state index < -0.39 is 0 Å². The molecular formula is C15H23NOS2. The van der Waals surface area contributed by atoms with Gasteiger partial charge in [0.05, 0.1) is 9.09 Å². The van der Waals surface area contributed by atoms with Crippen LogP contribution in [0.3, 0.4) is 0 Å². The lowest BCUT2D eigenvalue weighted by atomic mass is 10.00. The number of carbonyl (C=O) groups excluding carboxylic acids is 1. The second kappa shape index (κ2) is 7.46. The van der Waals surface area contributed by atoms with Gasteiger partial charge in [-0.15, -0.1) is 23.1 Å². The van der Waals surface area contributed by atoms with Gasteiger partial charge < -0.3 is 4.90 Å². The largest absolute Gasteiger partial charge is 0.303 e. The highest BCUT2D eigenvalue weighted by molar-refractivity contribution is 8.01. The van der Waals surface area contributed by atoms with Crippen LogP contribution < -0.4 is 0 Å². The Morgan fingerprint density at radius 2 is 2.37 bits per heavy atom. The second-order valence-corrected chi connectivity index (χ2v) is 7.92. The predicted octanol–water partition coefficient (Wildman–Crippen LogP) is 4.16. The molecule has 1 atom stereocenters. The van der Waals surface area contributed by atoms with E-state index in [1.54, 1.807) is 11.3 Å². The first-order chi connectivity index (χ1) is 9.19. The predicted molar refractivity (Wildman–Crippen MR) is 84.5 cm³/mol. The van der Waals surface area contributed by atoms with E-state index in [0.717, 1.165) is 29.6 Å². The summed E-state index contributed by atoms with van der Waals surface area (Å²) in [6.45, 7) is 7.70. The molecule has 0 saturated carbocycles. The van der Waals surface area contributed by atoms with E-state index in [0.29, 0.717) is 12.2 Å². The van der Waals surface area contributed by atoms with Gasteiger partial charge >= 0.3 is 0 Å². The Morgan fingerprint density at radius 3 is 3.11 bits per heavy atom. The van der Waals surface area contributed by atoms with E-state index in [1.165, 1.54) is 23.6 Å². The number of likely N-dealkylation sites (tertiary alicyclic amines) is 1. The van der Waals surface area contributed by atoms with E-state index >= 15 is 0 Å². The van der Waals surface area contributed by atoms with Crippen molar-refractivity contribution in [3.05, 3.63) is 17.0 Å². The van der Waals surface area contributed by atoms with E-state index in [-0.39, 0.29) is 0 Å². The van der Waals surface area contributed by atoms with Gasteiger partial charge in [0.15, 0.2) is 5.78 Å². The summed E-state index contributed by atoms with van der Waals surface area (Å²) < 4.78 is 1.26.